The SMILES string of the molecule is CN(Cc1ccc(O)cc1)S(=O)(=O)c1cn[nH]c1. The Morgan fingerprint density at radius 2 is 2.00 bits per heavy atom. The molecule has 0 aliphatic carbocycles. The van der Waals surface area contributed by atoms with Crippen molar-refractivity contribution >= 4 is 10.0 Å². The van der Waals surface area contributed by atoms with Crippen molar-refractivity contribution in [3.63, 3.8) is 0 Å². The molecule has 6 nitrogen and oxygen atoms in total. The second-order valence-electron chi connectivity index (χ2n) is 3.86. The number of sulfonamides is 1. The molecule has 0 saturated heterocycles. The van der Waals surface area contributed by atoms with Crippen LogP contribution in [-0.2, 0) is 16.6 Å². The van der Waals surface area contributed by atoms with Crippen LogP contribution >= 0.6 is 0 Å². The molecule has 1 heterocycles. The first-order chi connectivity index (χ1) is 8.50. The summed E-state index contributed by atoms with van der Waals surface area (Å²) in [7, 11) is -2.03. The molecule has 2 rings (SSSR count). The van der Waals surface area contributed by atoms with Gasteiger partial charge < -0.3 is 5.11 Å². The second-order valence-corrected chi connectivity index (χ2v) is 5.91. The number of aromatic amines is 1. The lowest BCUT2D eigenvalue weighted by Gasteiger charge is -2.15. The molecule has 1 aromatic carbocycles. The molecule has 0 aliphatic heterocycles. The first kappa shape index (κ1) is 12.6. The molecule has 0 fully saturated rings. The maximum absolute atomic E-state index is 12.1. The van der Waals surface area contributed by atoms with Gasteiger partial charge in [-0.1, -0.05) is 12.1 Å². The summed E-state index contributed by atoms with van der Waals surface area (Å²) in [5, 5.41) is 15.3. The van der Waals surface area contributed by atoms with Crippen LogP contribution in [0.15, 0.2) is 41.6 Å². The Hall–Kier alpha value is -1.86. The van der Waals surface area contributed by atoms with Crippen LogP contribution in [0.5, 0.6) is 5.75 Å². The summed E-state index contributed by atoms with van der Waals surface area (Å²) in [6.45, 7) is 0.230. The second kappa shape index (κ2) is 4.79. The smallest absolute Gasteiger partial charge is 0.246 e. The van der Waals surface area contributed by atoms with Crippen LogP contribution in [0.1, 0.15) is 5.56 Å². The van der Waals surface area contributed by atoms with Gasteiger partial charge in [0, 0.05) is 19.8 Å². The van der Waals surface area contributed by atoms with Crippen LogP contribution in [0.25, 0.3) is 0 Å². The highest BCUT2D eigenvalue weighted by Crippen LogP contribution is 2.16. The number of hydrogen-bond acceptors (Lipinski definition) is 4. The lowest BCUT2D eigenvalue weighted by molar-refractivity contribution is 0.463. The van der Waals surface area contributed by atoms with Crippen LogP contribution in [0.3, 0.4) is 0 Å². The van der Waals surface area contributed by atoms with E-state index in [1.165, 1.54) is 35.9 Å². The van der Waals surface area contributed by atoms with E-state index in [1.54, 1.807) is 12.1 Å². The number of benzene rings is 1. The Bertz CT molecular complexity index is 605. The minimum atomic E-state index is -3.53. The Morgan fingerprint density at radius 1 is 1.33 bits per heavy atom. The summed E-state index contributed by atoms with van der Waals surface area (Å²) in [6, 6.07) is 6.40. The zero-order valence-electron chi connectivity index (χ0n) is 9.74. The average molecular weight is 267 g/mol. The summed E-state index contributed by atoms with van der Waals surface area (Å²) in [5.41, 5.74) is 0.794. The van der Waals surface area contributed by atoms with E-state index in [1.807, 2.05) is 0 Å². The van der Waals surface area contributed by atoms with Gasteiger partial charge in [-0.25, -0.2) is 8.42 Å². The lowest BCUT2D eigenvalue weighted by Crippen LogP contribution is -2.26. The molecule has 2 aromatic rings. The highest BCUT2D eigenvalue weighted by Gasteiger charge is 2.21. The summed E-state index contributed by atoms with van der Waals surface area (Å²) in [4.78, 5) is 0.128. The Morgan fingerprint density at radius 3 is 2.56 bits per heavy atom. The van der Waals surface area contributed by atoms with Gasteiger partial charge >= 0.3 is 0 Å². The number of aromatic nitrogens is 2. The zero-order chi connectivity index (χ0) is 13.2. The molecule has 96 valence electrons. The van der Waals surface area contributed by atoms with E-state index in [2.05, 4.69) is 10.2 Å². The van der Waals surface area contributed by atoms with Crippen LogP contribution < -0.4 is 0 Å². The van der Waals surface area contributed by atoms with Gasteiger partial charge in [0.25, 0.3) is 0 Å². The Kier molecular flexibility index (Phi) is 3.35. The van der Waals surface area contributed by atoms with Crippen molar-refractivity contribution in [3.05, 3.63) is 42.2 Å². The van der Waals surface area contributed by atoms with Gasteiger partial charge in [0.15, 0.2) is 0 Å². The monoisotopic (exact) mass is 267 g/mol. The van der Waals surface area contributed by atoms with E-state index in [9.17, 15) is 8.42 Å². The maximum atomic E-state index is 12.1. The lowest BCUT2D eigenvalue weighted by atomic mass is 10.2. The van der Waals surface area contributed by atoms with Crippen molar-refractivity contribution in [2.24, 2.45) is 0 Å². The summed E-state index contributed by atoms with van der Waals surface area (Å²) in [6.07, 6.45) is 2.60. The molecule has 0 aliphatic rings. The summed E-state index contributed by atoms with van der Waals surface area (Å²) < 4.78 is 25.4. The first-order valence-electron chi connectivity index (χ1n) is 5.23. The van der Waals surface area contributed by atoms with Crippen molar-refractivity contribution < 1.29 is 13.5 Å². The molecule has 0 saturated carbocycles. The fourth-order valence-electron chi connectivity index (χ4n) is 1.50. The van der Waals surface area contributed by atoms with Crippen LogP contribution in [0.2, 0.25) is 0 Å². The van der Waals surface area contributed by atoms with Gasteiger partial charge in [-0.2, -0.15) is 9.40 Å². The number of aromatic hydroxyl groups is 1. The highest BCUT2D eigenvalue weighted by atomic mass is 32.2. The minimum absolute atomic E-state index is 0.128. The van der Waals surface area contributed by atoms with Gasteiger partial charge in [-0.3, -0.25) is 5.10 Å². The van der Waals surface area contributed by atoms with Crippen LogP contribution in [0, 0.1) is 0 Å². The van der Waals surface area contributed by atoms with Crippen LogP contribution in [-0.4, -0.2) is 35.1 Å². The maximum Gasteiger partial charge on any atom is 0.246 e. The molecule has 2 N–H and O–H groups in total. The number of H-pyrrole nitrogens is 1. The molecule has 0 bridgehead atoms. The number of rotatable bonds is 4. The number of nitrogens with one attached hydrogen (secondary N) is 1. The fourth-order valence-corrected chi connectivity index (χ4v) is 2.57. The largest absolute Gasteiger partial charge is 0.508 e. The van der Waals surface area contributed by atoms with E-state index in [4.69, 9.17) is 5.11 Å². The Labute approximate surface area is 105 Å². The normalized spacial score (nSPS) is 11.9. The molecule has 0 atom stereocenters. The van der Waals surface area contributed by atoms with E-state index < -0.39 is 10.0 Å². The van der Waals surface area contributed by atoms with E-state index >= 15 is 0 Å². The van der Waals surface area contributed by atoms with Crippen molar-refractivity contribution in [1.29, 1.82) is 0 Å². The molecule has 0 spiro atoms. The number of nitrogens with zero attached hydrogens (tertiary/aromatic N) is 2. The third kappa shape index (κ3) is 2.52. The molecule has 1 aromatic heterocycles. The number of hydrogen-bond donors (Lipinski definition) is 2. The van der Waals surface area contributed by atoms with Crippen molar-refractivity contribution in [2.75, 3.05) is 7.05 Å². The number of phenolic OH excluding ortho intramolecular Hbond substituents is 1. The third-order valence-electron chi connectivity index (χ3n) is 2.52. The molecule has 7 heteroatoms. The quantitative estimate of drug-likeness (QED) is 0.863. The predicted octanol–water partition coefficient (Wildman–Crippen LogP) is 0.936. The predicted molar refractivity (Wildman–Crippen MR) is 65.3 cm³/mol. The van der Waals surface area contributed by atoms with E-state index in [-0.39, 0.29) is 17.2 Å². The van der Waals surface area contributed by atoms with Gasteiger partial charge in [0.2, 0.25) is 10.0 Å². The molecule has 0 unspecified atom stereocenters. The molecular formula is C11H13N3O3S. The standard InChI is InChI=1S/C11H13N3O3S/c1-14(8-9-2-4-10(15)5-3-9)18(16,17)11-6-12-13-7-11/h2-7,15H,8H2,1H3,(H,12,13). The first-order valence-corrected chi connectivity index (χ1v) is 6.67. The zero-order valence-corrected chi connectivity index (χ0v) is 10.6. The van der Waals surface area contributed by atoms with Gasteiger partial charge in [-0.15, -0.1) is 0 Å². The van der Waals surface area contributed by atoms with E-state index in [0.717, 1.165) is 5.56 Å². The molecule has 0 amide bonds. The molecule has 0 radical (unpaired) electrons. The van der Waals surface area contributed by atoms with Crippen molar-refractivity contribution in [2.45, 2.75) is 11.4 Å². The summed E-state index contributed by atoms with van der Waals surface area (Å²) in [5.74, 6) is 0.152. The summed E-state index contributed by atoms with van der Waals surface area (Å²) >= 11 is 0. The van der Waals surface area contributed by atoms with Crippen molar-refractivity contribution in [1.82, 2.24) is 14.5 Å². The van der Waals surface area contributed by atoms with E-state index in [0.29, 0.717) is 0 Å². The highest BCUT2D eigenvalue weighted by molar-refractivity contribution is 7.89. The Balaban J connectivity index is 2.17. The van der Waals surface area contributed by atoms with Gasteiger partial charge in [-0.05, 0) is 17.7 Å². The number of phenols is 1. The van der Waals surface area contributed by atoms with Gasteiger partial charge in [0.1, 0.15) is 10.6 Å². The minimum Gasteiger partial charge on any atom is -0.508 e. The van der Waals surface area contributed by atoms with Crippen LogP contribution in [0.4, 0.5) is 0 Å². The third-order valence-corrected chi connectivity index (χ3v) is 4.29. The molecular weight excluding hydrogens is 254 g/mol. The van der Waals surface area contributed by atoms with Gasteiger partial charge in [0.05, 0.1) is 6.20 Å². The topological polar surface area (TPSA) is 86.3 Å². The average Bonchev–Trinajstić information content (AvgIpc) is 2.86. The molecule has 18 heavy (non-hydrogen) atoms. The fraction of sp³-hybridized carbons (Fsp3) is 0.182. The van der Waals surface area contributed by atoms with Crippen molar-refractivity contribution in [3.8, 4) is 5.75 Å².